The van der Waals surface area contributed by atoms with Gasteiger partial charge in [-0.25, -0.2) is 0 Å². The highest BCUT2D eigenvalue weighted by molar-refractivity contribution is 9.10. The van der Waals surface area contributed by atoms with Crippen LogP contribution in [0.4, 0.5) is 0 Å². The van der Waals surface area contributed by atoms with Crippen LogP contribution in [0.15, 0.2) is 45.6 Å². The molecule has 2 nitrogen and oxygen atoms in total. The van der Waals surface area contributed by atoms with E-state index in [-0.39, 0.29) is 0 Å². The number of hydrogen-bond acceptors (Lipinski definition) is 2. The summed E-state index contributed by atoms with van der Waals surface area (Å²) in [5, 5.41) is 0. The third-order valence-electron chi connectivity index (χ3n) is 2.29. The van der Waals surface area contributed by atoms with Crippen LogP contribution in [-0.4, -0.2) is 4.98 Å². The Morgan fingerprint density at radius 1 is 1.12 bits per heavy atom. The molecule has 2 aromatic rings. The normalized spacial score (nSPS) is 10.3. The van der Waals surface area contributed by atoms with Gasteiger partial charge in [0.1, 0.15) is 12.4 Å². The molecule has 0 atom stereocenters. The molecule has 0 aliphatic rings. The third-order valence-corrected chi connectivity index (χ3v) is 3.22. The minimum atomic E-state index is 0.523. The maximum atomic E-state index is 5.75. The molecule has 0 aliphatic heterocycles. The topological polar surface area (TPSA) is 22.1 Å². The van der Waals surface area contributed by atoms with Crippen LogP contribution in [0.25, 0.3) is 0 Å². The van der Waals surface area contributed by atoms with Crippen LogP contribution in [0.2, 0.25) is 0 Å². The number of aromatic nitrogens is 1. The molecule has 88 valence electrons. The second-order valence-corrected chi connectivity index (χ2v) is 5.54. The molecular formula is C13H11Br2NO. The van der Waals surface area contributed by atoms with Crippen molar-refractivity contribution >= 4 is 31.9 Å². The Hall–Kier alpha value is -0.870. The van der Waals surface area contributed by atoms with Crippen LogP contribution in [0.3, 0.4) is 0 Å². The van der Waals surface area contributed by atoms with Gasteiger partial charge in [0.05, 0.1) is 0 Å². The van der Waals surface area contributed by atoms with Crippen molar-refractivity contribution < 1.29 is 4.74 Å². The summed E-state index contributed by atoms with van der Waals surface area (Å²) in [6.07, 6.45) is 3.56. The molecule has 0 aliphatic carbocycles. The van der Waals surface area contributed by atoms with Gasteiger partial charge >= 0.3 is 0 Å². The minimum absolute atomic E-state index is 0.523. The Labute approximate surface area is 117 Å². The molecule has 1 aromatic heterocycles. The quantitative estimate of drug-likeness (QED) is 0.808. The van der Waals surface area contributed by atoms with Crippen molar-refractivity contribution in [2.45, 2.75) is 13.5 Å². The number of nitrogens with zero attached hydrogens (tertiary/aromatic N) is 1. The summed E-state index contributed by atoms with van der Waals surface area (Å²) in [6.45, 7) is 2.55. The summed E-state index contributed by atoms with van der Waals surface area (Å²) < 4.78 is 7.78. The number of ether oxygens (including phenoxy) is 1. The molecule has 0 unspecified atom stereocenters. The second-order valence-electron chi connectivity index (χ2n) is 3.71. The Bertz CT molecular complexity index is 529. The first kappa shape index (κ1) is 12.6. The SMILES string of the molecule is Cc1cc(Br)ccc1OCc1cncc(Br)c1. The van der Waals surface area contributed by atoms with Crippen molar-refractivity contribution in [2.75, 3.05) is 0 Å². The number of hydrogen-bond donors (Lipinski definition) is 0. The number of pyridine rings is 1. The van der Waals surface area contributed by atoms with Gasteiger partial charge in [-0.05, 0) is 52.7 Å². The Balaban J connectivity index is 2.07. The predicted molar refractivity (Wildman–Crippen MR) is 75.1 cm³/mol. The van der Waals surface area contributed by atoms with E-state index >= 15 is 0 Å². The van der Waals surface area contributed by atoms with E-state index in [9.17, 15) is 0 Å². The van der Waals surface area contributed by atoms with E-state index in [2.05, 4.69) is 36.8 Å². The van der Waals surface area contributed by atoms with E-state index in [1.807, 2.05) is 31.2 Å². The fourth-order valence-electron chi connectivity index (χ4n) is 1.47. The van der Waals surface area contributed by atoms with Crippen molar-refractivity contribution in [1.29, 1.82) is 0 Å². The van der Waals surface area contributed by atoms with Gasteiger partial charge in [-0.2, -0.15) is 0 Å². The van der Waals surface area contributed by atoms with Gasteiger partial charge in [0.15, 0.2) is 0 Å². The van der Waals surface area contributed by atoms with Gasteiger partial charge in [-0.15, -0.1) is 0 Å². The fraction of sp³-hybridized carbons (Fsp3) is 0.154. The summed E-state index contributed by atoms with van der Waals surface area (Å²) in [6, 6.07) is 7.97. The highest BCUT2D eigenvalue weighted by Gasteiger charge is 2.01. The number of aryl methyl sites for hydroxylation is 1. The summed E-state index contributed by atoms with van der Waals surface area (Å²) >= 11 is 6.82. The number of benzene rings is 1. The first-order valence-electron chi connectivity index (χ1n) is 5.13. The van der Waals surface area contributed by atoms with Crippen LogP contribution in [0.1, 0.15) is 11.1 Å². The van der Waals surface area contributed by atoms with Gasteiger partial charge in [0.25, 0.3) is 0 Å². The van der Waals surface area contributed by atoms with Gasteiger partial charge < -0.3 is 4.74 Å². The first-order chi connectivity index (χ1) is 8.15. The molecule has 0 fully saturated rings. The van der Waals surface area contributed by atoms with Crippen LogP contribution >= 0.6 is 31.9 Å². The molecule has 2 rings (SSSR count). The molecule has 0 N–H and O–H groups in total. The molecule has 1 heterocycles. The number of rotatable bonds is 3. The van der Waals surface area contributed by atoms with Crippen molar-refractivity contribution in [1.82, 2.24) is 4.98 Å². The van der Waals surface area contributed by atoms with E-state index in [1.54, 1.807) is 12.4 Å². The van der Waals surface area contributed by atoms with Crippen LogP contribution in [0.5, 0.6) is 5.75 Å². The van der Waals surface area contributed by atoms with E-state index in [0.29, 0.717) is 6.61 Å². The highest BCUT2D eigenvalue weighted by Crippen LogP contribution is 2.23. The predicted octanol–water partition coefficient (Wildman–Crippen LogP) is 4.49. The molecule has 0 radical (unpaired) electrons. The monoisotopic (exact) mass is 355 g/mol. The smallest absolute Gasteiger partial charge is 0.122 e. The van der Waals surface area contributed by atoms with E-state index in [0.717, 1.165) is 25.8 Å². The lowest BCUT2D eigenvalue weighted by Crippen LogP contribution is -1.97. The summed E-state index contributed by atoms with van der Waals surface area (Å²) in [4.78, 5) is 4.10. The van der Waals surface area contributed by atoms with Crippen molar-refractivity contribution in [3.05, 3.63) is 56.7 Å². The van der Waals surface area contributed by atoms with Gasteiger partial charge in [-0.1, -0.05) is 15.9 Å². The average Bonchev–Trinajstić information content (AvgIpc) is 2.28. The summed E-state index contributed by atoms with van der Waals surface area (Å²) in [7, 11) is 0. The molecule has 0 bridgehead atoms. The fourth-order valence-corrected chi connectivity index (χ4v) is 2.36. The zero-order valence-electron chi connectivity index (χ0n) is 9.28. The Morgan fingerprint density at radius 2 is 1.94 bits per heavy atom. The molecule has 1 aromatic carbocycles. The van der Waals surface area contributed by atoms with Crippen LogP contribution in [0, 0.1) is 6.92 Å². The molecule has 0 amide bonds. The molecule has 0 saturated heterocycles. The maximum absolute atomic E-state index is 5.75. The maximum Gasteiger partial charge on any atom is 0.122 e. The number of halogens is 2. The van der Waals surface area contributed by atoms with Crippen molar-refractivity contribution in [3.63, 3.8) is 0 Å². The van der Waals surface area contributed by atoms with E-state index < -0.39 is 0 Å². The van der Waals surface area contributed by atoms with E-state index in [1.165, 1.54) is 0 Å². The van der Waals surface area contributed by atoms with Crippen LogP contribution < -0.4 is 4.74 Å². The molecule has 0 saturated carbocycles. The molecular weight excluding hydrogens is 346 g/mol. The van der Waals surface area contributed by atoms with E-state index in [4.69, 9.17) is 4.74 Å². The molecule has 17 heavy (non-hydrogen) atoms. The third kappa shape index (κ3) is 3.54. The summed E-state index contributed by atoms with van der Waals surface area (Å²) in [5.74, 6) is 0.896. The average molecular weight is 357 g/mol. The largest absolute Gasteiger partial charge is 0.489 e. The lowest BCUT2D eigenvalue weighted by atomic mass is 10.2. The molecule has 4 heteroatoms. The standard InChI is InChI=1S/C13H11Br2NO/c1-9-4-11(14)2-3-13(9)17-8-10-5-12(15)7-16-6-10/h2-7H,8H2,1H3. The van der Waals surface area contributed by atoms with Crippen molar-refractivity contribution in [2.24, 2.45) is 0 Å². The lowest BCUT2D eigenvalue weighted by Gasteiger charge is -2.09. The van der Waals surface area contributed by atoms with Crippen molar-refractivity contribution in [3.8, 4) is 5.75 Å². The highest BCUT2D eigenvalue weighted by atomic mass is 79.9. The molecule has 0 spiro atoms. The first-order valence-corrected chi connectivity index (χ1v) is 6.72. The zero-order chi connectivity index (χ0) is 12.3. The van der Waals surface area contributed by atoms with Crippen LogP contribution in [-0.2, 0) is 6.61 Å². The van der Waals surface area contributed by atoms with Gasteiger partial charge in [-0.3, -0.25) is 4.98 Å². The lowest BCUT2D eigenvalue weighted by molar-refractivity contribution is 0.303. The van der Waals surface area contributed by atoms with Gasteiger partial charge in [0, 0.05) is 26.9 Å². The Morgan fingerprint density at radius 3 is 2.65 bits per heavy atom. The second kappa shape index (κ2) is 5.65. The summed E-state index contributed by atoms with van der Waals surface area (Å²) in [5.41, 5.74) is 2.16. The minimum Gasteiger partial charge on any atom is -0.489 e. The van der Waals surface area contributed by atoms with Gasteiger partial charge in [0.2, 0.25) is 0 Å². The Kier molecular flexibility index (Phi) is 4.18. The zero-order valence-corrected chi connectivity index (χ0v) is 12.5.